The fourth-order valence-electron chi connectivity index (χ4n) is 2.79. The molecular weight excluding hydrogens is 320 g/mol. The average Bonchev–Trinajstić information content (AvgIpc) is 2.64. The number of nitrogens with one attached hydrogen (secondary N) is 1. The third-order valence-corrected chi connectivity index (χ3v) is 4.13. The molecule has 3 rings (SSSR count). The molecule has 1 aromatic carbocycles. The summed E-state index contributed by atoms with van der Waals surface area (Å²) >= 11 is 0. The van der Waals surface area contributed by atoms with Crippen LogP contribution >= 0.6 is 0 Å². The number of methoxy groups -OCH3 is 1. The number of anilines is 1. The van der Waals surface area contributed by atoms with E-state index >= 15 is 0 Å². The summed E-state index contributed by atoms with van der Waals surface area (Å²) in [4.78, 5) is 22.4. The maximum atomic E-state index is 12.5. The van der Waals surface area contributed by atoms with Gasteiger partial charge in [-0.2, -0.15) is 4.98 Å². The van der Waals surface area contributed by atoms with Crippen LogP contribution in [-0.4, -0.2) is 47.2 Å². The number of carbonyl (C=O) groups excluding carboxylic acids is 1. The van der Waals surface area contributed by atoms with Crippen LogP contribution < -0.4 is 14.8 Å². The minimum Gasteiger partial charge on any atom is -0.472 e. The Hall–Kier alpha value is -2.83. The van der Waals surface area contributed by atoms with Gasteiger partial charge in [-0.3, -0.25) is 0 Å². The molecule has 1 saturated heterocycles. The number of nitrogens with zero attached hydrogens (tertiary/aromatic N) is 3. The highest BCUT2D eigenvalue weighted by atomic mass is 16.5. The van der Waals surface area contributed by atoms with Crippen molar-refractivity contribution in [1.82, 2.24) is 14.9 Å². The Kier molecular flexibility index (Phi) is 5.33. The molecule has 7 heteroatoms. The summed E-state index contributed by atoms with van der Waals surface area (Å²) in [6.07, 6.45) is 3.25. The summed E-state index contributed by atoms with van der Waals surface area (Å²) < 4.78 is 10.9. The van der Waals surface area contributed by atoms with Crippen molar-refractivity contribution in [2.75, 3.05) is 25.5 Å². The lowest BCUT2D eigenvalue weighted by molar-refractivity contribution is 0.102. The van der Waals surface area contributed by atoms with E-state index < -0.39 is 0 Å². The molecule has 25 heavy (non-hydrogen) atoms. The van der Waals surface area contributed by atoms with Crippen molar-refractivity contribution in [3.63, 3.8) is 0 Å². The predicted octanol–water partition coefficient (Wildman–Crippen LogP) is 2.87. The normalized spacial score (nSPS) is 17.0. The van der Waals surface area contributed by atoms with Gasteiger partial charge in [0.15, 0.2) is 0 Å². The molecular formula is C18H22N4O3. The quantitative estimate of drug-likeness (QED) is 0.924. The largest absolute Gasteiger partial charge is 0.472 e. The van der Waals surface area contributed by atoms with Gasteiger partial charge in [-0.1, -0.05) is 18.2 Å². The molecule has 1 unspecified atom stereocenters. The second-order valence-corrected chi connectivity index (χ2v) is 5.95. The van der Waals surface area contributed by atoms with Crippen molar-refractivity contribution in [2.24, 2.45) is 0 Å². The van der Waals surface area contributed by atoms with Crippen LogP contribution in [0.4, 0.5) is 10.5 Å². The molecule has 0 spiro atoms. The Balaban J connectivity index is 1.60. The van der Waals surface area contributed by atoms with Gasteiger partial charge in [-0.05, 0) is 31.4 Å². The minimum atomic E-state index is -0.108. The number of hydrogen-bond donors (Lipinski definition) is 1. The fourth-order valence-corrected chi connectivity index (χ4v) is 2.79. The molecule has 0 aliphatic carbocycles. The van der Waals surface area contributed by atoms with Crippen molar-refractivity contribution in [1.29, 1.82) is 0 Å². The van der Waals surface area contributed by atoms with Crippen molar-refractivity contribution < 1.29 is 14.3 Å². The number of aromatic nitrogens is 2. The standard InChI is InChI=1S/C18H22N4O3/c1-13-6-3-4-8-15(13)20-18(23)22-11-5-7-14(12-22)25-16-9-10-19-17(21-16)24-2/h3-4,6,8-10,14H,5,7,11-12H2,1-2H3,(H,20,23). The summed E-state index contributed by atoms with van der Waals surface area (Å²) in [5, 5.41) is 2.97. The zero-order valence-electron chi connectivity index (χ0n) is 14.4. The van der Waals surface area contributed by atoms with E-state index in [-0.39, 0.29) is 18.1 Å². The SMILES string of the molecule is COc1nccc(OC2CCCN(C(=O)Nc3ccccc3C)C2)n1. The molecule has 132 valence electrons. The van der Waals surface area contributed by atoms with Crippen LogP contribution in [0.25, 0.3) is 0 Å². The first-order valence-corrected chi connectivity index (χ1v) is 8.31. The summed E-state index contributed by atoms with van der Waals surface area (Å²) in [5.41, 5.74) is 1.87. The van der Waals surface area contributed by atoms with E-state index in [1.807, 2.05) is 31.2 Å². The number of rotatable bonds is 4. The maximum Gasteiger partial charge on any atom is 0.321 e. The van der Waals surface area contributed by atoms with Gasteiger partial charge in [-0.25, -0.2) is 9.78 Å². The molecule has 1 aliphatic heterocycles. The molecule has 7 nitrogen and oxygen atoms in total. The van der Waals surface area contributed by atoms with Crippen LogP contribution in [0, 0.1) is 6.92 Å². The number of aryl methyl sites for hydroxylation is 1. The van der Waals surface area contributed by atoms with Gasteiger partial charge >= 0.3 is 12.0 Å². The molecule has 0 saturated carbocycles. The maximum absolute atomic E-state index is 12.5. The van der Waals surface area contributed by atoms with Gasteiger partial charge in [-0.15, -0.1) is 0 Å². The molecule has 1 N–H and O–H groups in total. The van der Waals surface area contributed by atoms with Gasteiger partial charge in [0.1, 0.15) is 6.10 Å². The first-order chi connectivity index (χ1) is 12.2. The average molecular weight is 342 g/mol. The topological polar surface area (TPSA) is 76.6 Å². The Morgan fingerprint density at radius 2 is 2.16 bits per heavy atom. The molecule has 2 aromatic rings. The van der Waals surface area contributed by atoms with Crippen molar-refractivity contribution in [3.05, 3.63) is 42.1 Å². The van der Waals surface area contributed by atoms with Crippen LogP contribution in [-0.2, 0) is 0 Å². The number of ether oxygens (including phenoxy) is 2. The summed E-state index contributed by atoms with van der Waals surface area (Å²) in [6, 6.07) is 9.58. The Morgan fingerprint density at radius 3 is 2.96 bits per heavy atom. The lowest BCUT2D eigenvalue weighted by Gasteiger charge is -2.32. The number of urea groups is 1. The molecule has 2 heterocycles. The number of hydrogen-bond acceptors (Lipinski definition) is 5. The minimum absolute atomic E-state index is 0.101. The number of para-hydroxylation sites is 1. The number of piperidine rings is 1. The third-order valence-electron chi connectivity index (χ3n) is 4.13. The molecule has 1 fully saturated rings. The van der Waals surface area contributed by atoms with Crippen LogP contribution in [0.2, 0.25) is 0 Å². The molecule has 0 bridgehead atoms. The first kappa shape index (κ1) is 17.0. The first-order valence-electron chi connectivity index (χ1n) is 8.31. The highest BCUT2D eigenvalue weighted by Crippen LogP contribution is 2.20. The van der Waals surface area contributed by atoms with Gasteiger partial charge in [0, 0.05) is 24.5 Å². The number of benzene rings is 1. The molecule has 2 amide bonds. The monoisotopic (exact) mass is 342 g/mol. The van der Waals surface area contributed by atoms with E-state index in [0.717, 1.165) is 24.1 Å². The molecule has 1 atom stereocenters. The second kappa shape index (κ2) is 7.83. The Morgan fingerprint density at radius 1 is 1.32 bits per heavy atom. The lowest BCUT2D eigenvalue weighted by Crippen LogP contribution is -2.46. The van der Waals surface area contributed by atoms with E-state index in [9.17, 15) is 4.79 Å². The molecule has 1 aliphatic rings. The van der Waals surface area contributed by atoms with Gasteiger partial charge in [0.05, 0.1) is 13.7 Å². The predicted molar refractivity (Wildman–Crippen MR) is 94.0 cm³/mol. The number of carbonyl (C=O) groups is 1. The smallest absolute Gasteiger partial charge is 0.321 e. The van der Waals surface area contributed by atoms with E-state index in [0.29, 0.717) is 19.0 Å². The van der Waals surface area contributed by atoms with Gasteiger partial charge in [0.2, 0.25) is 5.88 Å². The van der Waals surface area contributed by atoms with Crippen LogP contribution in [0.15, 0.2) is 36.5 Å². The van der Waals surface area contributed by atoms with Crippen molar-refractivity contribution in [2.45, 2.75) is 25.9 Å². The number of amides is 2. The number of likely N-dealkylation sites (tertiary alicyclic amines) is 1. The van der Waals surface area contributed by atoms with E-state index in [4.69, 9.17) is 9.47 Å². The Bertz CT molecular complexity index is 738. The zero-order chi connectivity index (χ0) is 17.6. The van der Waals surface area contributed by atoms with Crippen molar-refractivity contribution in [3.8, 4) is 11.9 Å². The van der Waals surface area contributed by atoms with E-state index in [1.165, 1.54) is 7.11 Å². The zero-order valence-corrected chi connectivity index (χ0v) is 14.4. The fraction of sp³-hybridized carbons (Fsp3) is 0.389. The molecule has 0 radical (unpaired) electrons. The third kappa shape index (κ3) is 4.37. The van der Waals surface area contributed by atoms with Crippen LogP contribution in [0.5, 0.6) is 11.9 Å². The summed E-state index contributed by atoms with van der Waals surface area (Å²) in [5.74, 6) is 0.456. The van der Waals surface area contributed by atoms with Crippen molar-refractivity contribution >= 4 is 11.7 Å². The van der Waals surface area contributed by atoms with Gasteiger partial charge in [0.25, 0.3) is 0 Å². The second-order valence-electron chi connectivity index (χ2n) is 5.95. The van der Waals surface area contributed by atoms with Crippen LogP contribution in [0.1, 0.15) is 18.4 Å². The Labute approximate surface area is 147 Å². The van der Waals surface area contributed by atoms with Crippen LogP contribution in [0.3, 0.4) is 0 Å². The lowest BCUT2D eigenvalue weighted by atomic mass is 10.1. The van der Waals surface area contributed by atoms with E-state index in [2.05, 4.69) is 15.3 Å². The molecule has 1 aromatic heterocycles. The highest BCUT2D eigenvalue weighted by Gasteiger charge is 2.25. The highest BCUT2D eigenvalue weighted by molar-refractivity contribution is 5.90. The summed E-state index contributed by atoms with van der Waals surface area (Å²) in [6.45, 7) is 3.20. The summed E-state index contributed by atoms with van der Waals surface area (Å²) in [7, 11) is 1.51. The van der Waals surface area contributed by atoms with E-state index in [1.54, 1.807) is 17.2 Å². The van der Waals surface area contributed by atoms with Gasteiger partial charge < -0.3 is 19.7 Å².